The molecule has 0 atom stereocenters. The predicted molar refractivity (Wildman–Crippen MR) is 78.6 cm³/mol. The van der Waals surface area contributed by atoms with Crippen molar-refractivity contribution in [2.75, 3.05) is 0 Å². The molecule has 1 aromatic carbocycles. The van der Waals surface area contributed by atoms with Gasteiger partial charge in [0.2, 0.25) is 0 Å². The van der Waals surface area contributed by atoms with Crippen molar-refractivity contribution in [2.45, 2.75) is 26.7 Å². The zero-order valence-corrected chi connectivity index (χ0v) is 13.5. The highest BCUT2D eigenvalue weighted by molar-refractivity contribution is 6.40. The van der Waals surface area contributed by atoms with Gasteiger partial charge in [0, 0.05) is 17.9 Å². The van der Waals surface area contributed by atoms with Crippen molar-refractivity contribution in [3.05, 3.63) is 38.8 Å². The second kappa shape index (κ2) is 5.31. The Balaban J connectivity index is 2.79. The highest BCUT2D eigenvalue weighted by atomic mass is 35.5. The summed E-state index contributed by atoms with van der Waals surface area (Å²) in [5.74, 6) is 2.06. The maximum atomic E-state index is 6.30. The van der Waals surface area contributed by atoms with Crippen LogP contribution in [-0.4, -0.2) is 9.67 Å². The minimum absolute atomic E-state index is 0.253. The van der Waals surface area contributed by atoms with Crippen molar-refractivity contribution in [1.29, 1.82) is 0 Å². The minimum atomic E-state index is 0.253. The third-order valence-electron chi connectivity index (χ3n) is 2.97. The topological polar surface area (TPSA) is 21.7 Å². The van der Waals surface area contributed by atoms with E-state index in [2.05, 4.69) is 18.8 Å². The zero-order valence-electron chi connectivity index (χ0n) is 11.2. The molecule has 6 heteroatoms. The Bertz CT molecular complexity index is 609. The van der Waals surface area contributed by atoms with Crippen LogP contribution in [0.15, 0.2) is 12.1 Å². The Morgan fingerprint density at radius 2 is 1.68 bits per heavy atom. The summed E-state index contributed by atoms with van der Waals surface area (Å²) >= 11 is 18.5. The van der Waals surface area contributed by atoms with Gasteiger partial charge < -0.3 is 0 Å². The predicted octanol–water partition coefficient (Wildman–Crippen LogP) is 4.09. The minimum Gasteiger partial charge on any atom is -0.152 e. The van der Waals surface area contributed by atoms with E-state index in [0.29, 0.717) is 20.8 Å². The van der Waals surface area contributed by atoms with Crippen LogP contribution >= 0.6 is 34.8 Å². The van der Waals surface area contributed by atoms with Crippen LogP contribution in [0.1, 0.15) is 31.4 Å². The molecular weight excluding hydrogens is 305 g/mol. The Hall–Kier alpha value is -0.770. The molecule has 0 amide bonds. The number of rotatable bonds is 2. The monoisotopic (exact) mass is 318 g/mol. The van der Waals surface area contributed by atoms with E-state index in [1.54, 1.807) is 12.1 Å². The summed E-state index contributed by atoms with van der Waals surface area (Å²) in [4.78, 5) is 4.57. The largest absolute Gasteiger partial charge is 0.316 e. The number of aromatic nitrogens is 3. The lowest BCUT2D eigenvalue weighted by Crippen LogP contribution is -2.41. The SMILES string of the molecule is Cc1nc(C(C)C)n(-c2c(Cl)cc(Cl)cc2Cl)[n+]1C. The Labute approximate surface area is 127 Å². The van der Waals surface area contributed by atoms with E-state index in [0.717, 1.165) is 11.6 Å². The number of hydrogen-bond acceptors (Lipinski definition) is 1. The molecule has 2 rings (SSSR count). The lowest BCUT2D eigenvalue weighted by atomic mass is 10.2. The van der Waals surface area contributed by atoms with Gasteiger partial charge in [0.05, 0.1) is 10.0 Å². The average Bonchev–Trinajstić information content (AvgIpc) is 2.56. The number of halogens is 3. The van der Waals surface area contributed by atoms with E-state index >= 15 is 0 Å². The molecule has 19 heavy (non-hydrogen) atoms. The number of benzene rings is 1. The van der Waals surface area contributed by atoms with Crippen LogP contribution < -0.4 is 4.68 Å². The molecule has 0 aliphatic heterocycles. The highest BCUT2D eigenvalue weighted by Crippen LogP contribution is 2.33. The molecule has 0 aliphatic carbocycles. The first-order valence-corrected chi connectivity index (χ1v) is 7.06. The molecule has 0 saturated heterocycles. The summed E-state index contributed by atoms with van der Waals surface area (Å²) in [6, 6.07) is 3.37. The van der Waals surface area contributed by atoms with Crippen molar-refractivity contribution in [3.63, 3.8) is 0 Å². The molecule has 0 aliphatic rings. The second-order valence-electron chi connectivity index (χ2n) is 4.73. The molecule has 0 saturated carbocycles. The molecule has 0 radical (unpaired) electrons. The van der Waals surface area contributed by atoms with Gasteiger partial charge in [-0.15, -0.1) is 4.68 Å². The van der Waals surface area contributed by atoms with Crippen molar-refractivity contribution in [2.24, 2.45) is 7.05 Å². The second-order valence-corrected chi connectivity index (χ2v) is 5.98. The zero-order chi connectivity index (χ0) is 14.3. The van der Waals surface area contributed by atoms with Gasteiger partial charge in [-0.25, -0.2) is 0 Å². The molecule has 0 bridgehead atoms. The van der Waals surface area contributed by atoms with E-state index < -0.39 is 0 Å². The maximum Gasteiger partial charge on any atom is 0.316 e. The lowest BCUT2D eigenvalue weighted by Gasteiger charge is -2.11. The van der Waals surface area contributed by atoms with Crippen LogP contribution in [-0.2, 0) is 7.05 Å². The molecular formula is C13H15Cl3N3+. The van der Waals surface area contributed by atoms with Crippen LogP contribution in [0.2, 0.25) is 15.1 Å². The van der Waals surface area contributed by atoms with Crippen LogP contribution in [0, 0.1) is 6.92 Å². The summed E-state index contributed by atoms with van der Waals surface area (Å²) in [6.07, 6.45) is 0. The molecule has 0 fully saturated rings. The number of hydrogen-bond donors (Lipinski definition) is 0. The summed E-state index contributed by atoms with van der Waals surface area (Å²) < 4.78 is 3.86. The summed E-state index contributed by atoms with van der Waals surface area (Å²) in [7, 11) is 1.93. The van der Waals surface area contributed by atoms with E-state index in [9.17, 15) is 0 Å². The Morgan fingerprint density at radius 1 is 1.16 bits per heavy atom. The van der Waals surface area contributed by atoms with E-state index in [1.807, 2.05) is 23.3 Å². The van der Waals surface area contributed by atoms with Gasteiger partial charge in [0.25, 0.3) is 5.82 Å². The number of aryl methyl sites for hydroxylation is 1. The van der Waals surface area contributed by atoms with E-state index in [4.69, 9.17) is 34.8 Å². The Morgan fingerprint density at radius 3 is 2.16 bits per heavy atom. The van der Waals surface area contributed by atoms with E-state index in [1.165, 1.54) is 0 Å². The summed E-state index contributed by atoms with van der Waals surface area (Å²) in [5, 5.41) is 1.53. The first-order chi connectivity index (χ1) is 8.82. The highest BCUT2D eigenvalue weighted by Gasteiger charge is 2.27. The Kier molecular flexibility index (Phi) is 4.09. The normalized spacial score (nSPS) is 11.4. The van der Waals surface area contributed by atoms with Crippen LogP contribution in [0.25, 0.3) is 5.69 Å². The van der Waals surface area contributed by atoms with Crippen molar-refractivity contribution in [3.8, 4) is 5.69 Å². The van der Waals surface area contributed by atoms with Crippen LogP contribution in [0.4, 0.5) is 0 Å². The summed E-state index contributed by atoms with van der Waals surface area (Å²) in [5.41, 5.74) is 0.708. The molecule has 102 valence electrons. The average molecular weight is 320 g/mol. The molecule has 3 nitrogen and oxygen atoms in total. The third-order valence-corrected chi connectivity index (χ3v) is 3.77. The molecule has 2 aromatic rings. The quantitative estimate of drug-likeness (QED) is 0.764. The summed E-state index contributed by atoms with van der Waals surface area (Å²) in [6.45, 7) is 6.10. The van der Waals surface area contributed by atoms with Crippen molar-refractivity contribution < 1.29 is 4.68 Å². The first kappa shape index (κ1) is 14.6. The molecule has 0 spiro atoms. The van der Waals surface area contributed by atoms with Crippen molar-refractivity contribution >= 4 is 34.8 Å². The van der Waals surface area contributed by atoms with Gasteiger partial charge in [-0.2, -0.15) is 4.68 Å². The fourth-order valence-corrected chi connectivity index (χ4v) is 2.94. The van der Waals surface area contributed by atoms with E-state index in [-0.39, 0.29) is 5.92 Å². The van der Waals surface area contributed by atoms with Gasteiger partial charge in [-0.05, 0) is 17.1 Å². The van der Waals surface area contributed by atoms with Gasteiger partial charge in [-0.3, -0.25) is 0 Å². The smallest absolute Gasteiger partial charge is 0.152 e. The fourth-order valence-electron chi connectivity index (χ4n) is 1.96. The third kappa shape index (κ3) is 2.60. The molecule has 0 N–H and O–H groups in total. The molecule has 0 unspecified atom stereocenters. The number of nitrogens with zero attached hydrogens (tertiary/aromatic N) is 3. The van der Waals surface area contributed by atoms with Gasteiger partial charge in [-0.1, -0.05) is 48.7 Å². The van der Waals surface area contributed by atoms with Crippen LogP contribution in [0.3, 0.4) is 0 Å². The molecule has 1 heterocycles. The maximum absolute atomic E-state index is 6.30. The van der Waals surface area contributed by atoms with Crippen molar-refractivity contribution in [1.82, 2.24) is 9.67 Å². The van der Waals surface area contributed by atoms with Gasteiger partial charge in [0.15, 0.2) is 0 Å². The molecule has 1 aromatic heterocycles. The fraction of sp³-hybridized carbons (Fsp3) is 0.385. The van der Waals surface area contributed by atoms with Gasteiger partial charge >= 0.3 is 5.82 Å². The van der Waals surface area contributed by atoms with Crippen LogP contribution in [0.5, 0.6) is 0 Å². The first-order valence-electron chi connectivity index (χ1n) is 5.93. The lowest BCUT2D eigenvalue weighted by molar-refractivity contribution is -0.751. The standard InChI is InChI=1S/C13H15Cl3N3/c1-7(2)13-17-8(3)18(4)19(13)12-10(15)5-9(14)6-11(12)16/h5-7H,1-4H3/q+1. The van der Waals surface area contributed by atoms with Gasteiger partial charge in [0.1, 0.15) is 12.7 Å².